The van der Waals surface area contributed by atoms with Gasteiger partial charge in [-0.15, -0.1) is 12.4 Å². The fourth-order valence-electron chi connectivity index (χ4n) is 1.15. The number of amides is 1. The van der Waals surface area contributed by atoms with Crippen molar-refractivity contribution in [1.82, 2.24) is 0 Å². The van der Waals surface area contributed by atoms with Crippen LogP contribution in [-0.2, 0) is 9.53 Å². The molecule has 0 unspecified atom stereocenters. The lowest BCUT2D eigenvalue weighted by atomic mass is 10.2. The molecule has 6 heteroatoms. The van der Waals surface area contributed by atoms with Crippen molar-refractivity contribution < 1.29 is 14.3 Å². The van der Waals surface area contributed by atoms with Gasteiger partial charge in [0.1, 0.15) is 12.4 Å². The van der Waals surface area contributed by atoms with Gasteiger partial charge >= 0.3 is 0 Å². The van der Waals surface area contributed by atoms with E-state index < -0.39 is 0 Å². The zero-order chi connectivity index (χ0) is 12.0. The van der Waals surface area contributed by atoms with Crippen LogP contribution in [0.1, 0.15) is 6.92 Å². The van der Waals surface area contributed by atoms with Crippen LogP contribution < -0.4 is 15.8 Å². The smallest absolute Gasteiger partial charge is 0.250 e. The average molecular weight is 261 g/mol. The maximum atomic E-state index is 11.4. The first-order chi connectivity index (χ1) is 7.67. The van der Waals surface area contributed by atoms with E-state index in [-0.39, 0.29) is 24.9 Å². The van der Waals surface area contributed by atoms with Crippen molar-refractivity contribution in [2.24, 2.45) is 0 Å². The summed E-state index contributed by atoms with van der Waals surface area (Å²) in [6, 6.07) is 5.07. The second-order valence-corrected chi connectivity index (χ2v) is 3.14. The number of benzene rings is 1. The summed E-state index contributed by atoms with van der Waals surface area (Å²) < 4.78 is 10.0. The van der Waals surface area contributed by atoms with Crippen LogP contribution in [-0.4, -0.2) is 26.2 Å². The molecule has 0 heterocycles. The van der Waals surface area contributed by atoms with Crippen LogP contribution >= 0.6 is 12.4 Å². The molecule has 0 aliphatic carbocycles. The molecule has 0 saturated carbocycles. The number of rotatable bonds is 5. The predicted molar refractivity (Wildman–Crippen MR) is 69.8 cm³/mol. The molecule has 0 saturated heterocycles. The minimum absolute atomic E-state index is 0. The Morgan fingerprint density at radius 3 is 2.76 bits per heavy atom. The lowest BCUT2D eigenvalue weighted by molar-refractivity contribution is -0.120. The molecule has 0 radical (unpaired) electrons. The van der Waals surface area contributed by atoms with Crippen molar-refractivity contribution in [3.05, 3.63) is 18.2 Å². The number of halogens is 1. The molecule has 0 fully saturated rings. The first kappa shape index (κ1) is 15.5. The summed E-state index contributed by atoms with van der Waals surface area (Å²) in [4.78, 5) is 11.4. The zero-order valence-electron chi connectivity index (χ0n) is 9.86. The van der Waals surface area contributed by atoms with Crippen molar-refractivity contribution in [2.45, 2.75) is 6.92 Å². The highest BCUT2D eigenvalue weighted by atomic mass is 35.5. The number of ether oxygens (including phenoxy) is 2. The molecule has 5 nitrogen and oxygen atoms in total. The summed E-state index contributed by atoms with van der Waals surface area (Å²) in [6.07, 6.45) is 0. The average Bonchev–Trinajstić information content (AvgIpc) is 2.29. The topological polar surface area (TPSA) is 73.6 Å². The lowest BCUT2D eigenvalue weighted by Crippen LogP contribution is -2.19. The number of nitrogens with two attached hydrogens (primary N) is 1. The molecule has 0 atom stereocenters. The molecular formula is C11H17ClN2O3. The summed E-state index contributed by atoms with van der Waals surface area (Å²) in [5.41, 5.74) is 6.73. The van der Waals surface area contributed by atoms with E-state index in [1.165, 1.54) is 0 Å². The van der Waals surface area contributed by atoms with Gasteiger partial charge in [-0.25, -0.2) is 0 Å². The van der Waals surface area contributed by atoms with Crippen LogP contribution in [0, 0.1) is 0 Å². The zero-order valence-corrected chi connectivity index (χ0v) is 10.7. The van der Waals surface area contributed by atoms with Gasteiger partial charge in [-0.05, 0) is 19.1 Å². The van der Waals surface area contributed by atoms with Crippen molar-refractivity contribution in [2.75, 3.05) is 31.4 Å². The molecule has 17 heavy (non-hydrogen) atoms. The number of nitrogen functional groups attached to an aromatic ring is 1. The predicted octanol–water partition coefficient (Wildman–Crippen LogP) is 1.67. The molecule has 1 aromatic carbocycles. The Bertz CT molecular complexity index is 372. The molecule has 96 valence electrons. The fourth-order valence-corrected chi connectivity index (χ4v) is 1.15. The Labute approximate surface area is 107 Å². The highest BCUT2D eigenvalue weighted by molar-refractivity contribution is 5.94. The van der Waals surface area contributed by atoms with Crippen LogP contribution in [0.2, 0.25) is 0 Å². The number of carbonyl (C=O) groups is 1. The van der Waals surface area contributed by atoms with E-state index >= 15 is 0 Å². The third-order valence-electron chi connectivity index (χ3n) is 1.97. The van der Waals surface area contributed by atoms with E-state index in [9.17, 15) is 4.79 Å². The quantitative estimate of drug-likeness (QED) is 0.790. The monoisotopic (exact) mass is 260 g/mol. The van der Waals surface area contributed by atoms with Crippen LogP contribution in [0.5, 0.6) is 5.75 Å². The molecule has 0 spiro atoms. The van der Waals surface area contributed by atoms with Crippen molar-refractivity contribution >= 4 is 29.7 Å². The molecule has 0 aliphatic rings. The van der Waals surface area contributed by atoms with Crippen LogP contribution in [0.4, 0.5) is 11.4 Å². The van der Waals surface area contributed by atoms with E-state index in [1.54, 1.807) is 25.3 Å². The van der Waals surface area contributed by atoms with Crippen molar-refractivity contribution in [3.8, 4) is 5.75 Å². The summed E-state index contributed by atoms with van der Waals surface area (Å²) in [7, 11) is 1.55. The van der Waals surface area contributed by atoms with E-state index in [4.69, 9.17) is 15.2 Å². The molecule has 1 aromatic rings. The molecule has 3 N–H and O–H groups in total. The Kier molecular flexibility index (Phi) is 7.09. The molecule has 0 aliphatic heterocycles. The highest BCUT2D eigenvalue weighted by Crippen LogP contribution is 2.24. The van der Waals surface area contributed by atoms with E-state index in [0.717, 1.165) is 0 Å². The number of hydrogen-bond acceptors (Lipinski definition) is 4. The van der Waals surface area contributed by atoms with Gasteiger partial charge in [0.15, 0.2) is 0 Å². The number of hydrogen-bond donors (Lipinski definition) is 2. The second kappa shape index (κ2) is 7.76. The highest BCUT2D eigenvalue weighted by Gasteiger charge is 2.06. The first-order valence-electron chi connectivity index (χ1n) is 4.98. The molecule has 0 aromatic heterocycles. The molecule has 0 bridgehead atoms. The fraction of sp³-hybridized carbons (Fsp3) is 0.364. The van der Waals surface area contributed by atoms with Gasteiger partial charge in [0.25, 0.3) is 0 Å². The van der Waals surface area contributed by atoms with Crippen LogP contribution in [0.15, 0.2) is 18.2 Å². The molecule has 1 rings (SSSR count). The SMILES string of the molecule is CCOCC(=O)Nc1cc(OC)ccc1N.Cl. The Balaban J connectivity index is 0.00000256. The maximum Gasteiger partial charge on any atom is 0.250 e. The first-order valence-corrected chi connectivity index (χ1v) is 4.98. The Morgan fingerprint density at radius 1 is 1.47 bits per heavy atom. The van der Waals surface area contributed by atoms with Crippen molar-refractivity contribution in [1.29, 1.82) is 0 Å². The summed E-state index contributed by atoms with van der Waals surface area (Å²) in [5, 5.41) is 2.65. The minimum atomic E-state index is -0.234. The Hall–Kier alpha value is -1.46. The third kappa shape index (κ3) is 4.93. The Morgan fingerprint density at radius 2 is 2.18 bits per heavy atom. The maximum absolute atomic E-state index is 11.4. The van der Waals surface area contributed by atoms with Crippen molar-refractivity contribution in [3.63, 3.8) is 0 Å². The number of anilines is 2. The third-order valence-corrected chi connectivity index (χ3v) is 1.97. The van der Waals surface area contributed by atoms with E-state index in [0.29, 0.717) is 23.7 Å². The standard InChI is InChI=1S/C11H16N2O3.ClH/c1-3-16-7-11(14)13-10-6-8(15-2)4-5-9(10)12;/h4-6H,3,7,12H2,1-2H3,(H,13,14);1H. The number of nitrogens with one attached hydrogen (secondary N) is 1. The molecule has 1 amide bonds. The van der Waals surface area contributed by atoms with Gasteiger partial charge in [0.05, 0.1) is 18.5 Å². The lowest BCUT2D eigenvalue weighted by Gasteiger charge is -2.09. The van der Waals surface area contributed by atoms with Gasteiger partial charge in [-0.2, -0.15) is 0 Å². The van der Waals surface area contributed by atoms with Gasteiger partial charge < -0.3 is 20.5 Å². The second-order valence-electron chi connectivity index (χ2n) is 3.14. The molecular weight excluding hydrogens is 244 g/mol. The van der Waals surface area contributed by atoms with Gasteiger partial charge in [0, 0.05) is 12.7 Å². The number of carbonyl (C=O) groups excluding carboxylic acids is 1. The van der Waals surface area contributed by atoms with Gasteiger partial charge in [-0.1, -0.05) is 0 Å². The van der Waals surface area contributed by atoms with Crippen LogP contribution in [0.25, 0.3) is 0 Å². The van der Waals surface area contributed by atoms with Gasteiger partial charge in [0.2, 0.25) is 5.91 Å². The van der Waals surface area contributed by atoms with E-state index in [1.807, 2.05) is 6.92 Å². The number of methoxy groups -OCH3 is 1. The normalized spacial score (nSPS) is 9.29. The largest absolute Gasteiger partial charge is 0.497 e. The minimum Gasteiger partial charge on any atom is -0.497 e. The summed E-state index contributed by atoms with van der Waals surface area (Å²) in [6.45, 7) is 2.35. The summed E-state index contributed by atoms with van der Waals surface area (Å²) in [5.74, 6) is 0.405. The van der Waals surface area contributed by atoms with Crippen LogP contribution in [0.3, 0.4) is 0 Å². The summed E-state index contributed by atoms with van der Waals surface area (Å²) >= 11 is 0. The van der Waals surface area contributed by atoms with E-state index in [2.05, 4.69) is 5.32 Å². The van der Waals surface area contributed by atoms with Gasteiger partial charge in [-0.3, -0.25) is 4.79 Å².